The minimum Gasteiger partial charge on any atom is -0.465 e. The Kier molecular flexibility index (Phi) is 4.79. The van der Waals surface area contributed by atoms with Crippen molar-refractivity contribution in [1.29, 1.82) is 0 Å². The van der Waals surface area contributed by atoms with Crippen LogP contribution in [0.3, 0.4) is 0 Å². The summed E-state index contributed by atoms with van der Waals surface area (Å²) >= 11 is 4.22. The van der Waals surface area contributed by atoms with E-state index in [0.717, 1.165) is 0 Å². The Balaban J connectivity index is 2.19. The summed E-state index contributed by atoms with van der Waals surface area (Å²) in [6.45, 7) is 4.56. The molecule has 0 amide bonds. The third kappa shape index (κ3) is 3.52. The molecule has 1 rings (SSSR count). The molecule has 0 aromatic carbocycles. The quantitative estimate of drug-likeness (QED) is 0.577. The number of esters is 1. The summed E-state index contributed by atoms with van der Waals surface area (Å²) in [5, 5.41) is -0.267. The Morgan fingerprint density at radius 2 is 2.00 bits per heavy atom. The van der Waals surface area contributed by atoms with Gasteiger partial charge < -0.3 is 4.74 Å². The largest absolute Gasteiger partial charge is 0.465 e. The molecule has 0 saturated heterocycles. The number of rotatable bonds is 4. The summed E-state index contributed by atoms with van der Waals surface area (Å²) in [6, 6.07) is 0. The molecule has 82 valence electrons. The molecule has 1 atom stereocenters. The molecule has 0 bridgehead atoms. The lowest BCUT2D eigenvalue weighted by atomic mass is 10.1. The standard InChI is InChI=1S/C11H20O2S/c1-8(2)10(14)11(12)13-7-9-5-3-4-6-9/h8-10,14H,3-7H2,1-2H3. The van der Waals surface area contributed by atoms with Crippen LogP contribution in [0.1, 0.15) is 39.5 Å². The topological polar surface area (TPSA) is 26.3 Å². The molecule has 1 aliphatic rings. The van der Waals surface area contributed by atoms with Gasteiger partial charge in [0.05, 0.1) is 6.61 Å². The molecule has 2 nitrogen and oxygen atoms in total. The van der Waals surface area contributed by atoms with E-state index in [2.05, 4.69) is 12.6 Å². The van der Waals surface area contributed by atoms with Gasteiger partial charge in [0, 0.05) is 0 Å². The molecule has 1 aliphatic carbocycles. The molecule has 0 N–H and O–H groups in total. The van der Waals surface area contributed by atoms with Gasteiger partial charge in [-0.2, -0.15) is 12.6 Å². The first-order chi connectivity index (χ1) is 6.61. The molecule has 3 heteroatoms. The van der Waals surface area contributed by atoms with Crippen LogP contribution in [-0.4, -0.2) is 17.8 Å². The minimum atomic E-state index is -0.267. The van der Waals surface area contributed by atoms with E-state index in [0.29, 0.717) is 12.5 Å². The Hall–Kier alpha value is -0.180. The summed E-state index contributed by atoms with van der Waals surface area (Å²) in [5.74, 6) is 0.691. The molecule has 0 radical (unpaired) electrons. The first-order valence-corrected chi connectivity index (χ1v) is 5.97. The zero-order chi connectivity index (χ0) is 10.6. The predicted molar refractivity (Wildman–Crippen MR) is 60.5 cm³/mol. The van der Waals surface area contributed by atoms with Crippen LogP contribution in [0.5, 0.6) is 0 Å². The Morgan fingerprint density at radius 1 is 1.43 bits per heavy atom. The second-order valence-corrected chi connectivity index (χ2v) is 5.03. The van der Waals surface area contributed by atoms with E-state index in [1.807, 2.05) is 13.8 Å². The van der Waals surface area contributed by atoms with E-state index in [9.17, 15) is 4.79 Å². The number of hydrogen-bond acceptors (Lipinski definition) is 3. The zero-order valence-electron chi connectivity index (χ0n) is 9.03. The van der Waals surface area contributed by atoms with Gasteiger partial charge in [-0.05, 0) is 24.7 Å². The monoisotopic (exact) mass is 216 g/mol. The number of thiol groups is 1. The smallest absolute Gasteiger partial charge is 0.319 e. The summed E-state index contributed by atoms with van der Waals surface area (Å²) in [4.78, 5) is 11.4. The number of carbonyl (C=O) groups is 1. The molecular weight excluding hydrogens is 196 g/mol. The molecule has 0 aliphatic heterocycles. The maximum atomic E-state index is 11.4. The number of hydrogen-bond donors (Lipinski definition) is 1. The van der Waals surface area contributed by atoms with Gasteiger partial charge >= 0.3 is 5.97 Å². The summed E-state index contributed by atoms with van der Waals surface area (Å²) in [6.07, 6.45) is 5.01. The van der Waals surface area contributed by atoms with Crippen molar-refractivity contribution < 1.29 is 9.53 Å². The van der Waals surface area contributed by atoms with Crippen LogP contribution in [0.25, 0.3) is 0 Å². The maximum absolute atomic E-state index is 11.4. The number of carbonyl (C=O) groups excluding carboxylic acids is 1. The molecule has 1 saturated carbocycles. The van der Waals surface area contributed by atoms with Crippen molar-refractivity contribution >= 4 is 18.6 Å². The van der Waals surface area contributed by atoms with Crippen molar-refractivity contribution in [2.24, 2.45) is 11.8 Å². The van der Waals surface area contributed by atoms with Gasteiger partial charge in [0.1, 0.15) is 5.25 Å². The van der Waals surface area contributed by atoms with Gasteiger partial charge in [0.15, 0.2) is 0 Å². The van der Waals surface area contributed by atoms with Crippen molar-refractivity contribution in [2.45, 2.75) is 44.8 Å². The fraction of sp³-hybridized carbons (Fsp3) is 0.909. The summed E-state index contributed by atoms with van der Waals surface area (Å²) in [5.41, 5.74) is 0. The van der Waals surface area contributed by atoms with E-state index < -0.39 is 0 Å². The lowest BCUT2D eigenvalue weighted by molar-refractivity contribution is -0.145. The average molecular weight is 216 g/mol. The molecular formula is C11H20O2S. The van der Waals surface area contributed by atoms with Crippen molar-refractivity contribution in [1.82, 2.24) is 0 Å². The Labute approximate surface area is 91.8 Å². The maximum Gasteiger partial charge on any atom is 0.319 e. The van der Waals surface area contributed by atoms with Gasteiger partial charge in [0.2, 0.25) is 0 Å². The Morgan fingerprint density at radius 3 is 2.50 bits per heavy atom. The van der Waals surface area contributed by atoms with Gasteiger partial charge in [-0.1, -0.05) is 26.7 Å². The first kappa shape index (κ1) is 11.9. The minimum absolute atomic E-state index is 0.157. The second kappa shape index (κ2) is 5.64. The molecule has 0 heterocycles. The number of ether oxygens (including phenoxy) is 1. The normalized spacial score (nSPS) is 20.0. The van der Waals surface area contributed by atoms with Gasteiger partial charge in [-0.15, -0.1) is 0 Å². The third-order valence-corrected chi connectivity index (χ3v) is 3.62. The molecule has 0 aromatic rings. The third-order valence-electron chi connectivity index (χ3n) is 2.81. The molecule has 1 fully saturated rings. The van der Waals surface area contributed by atoms with E-state index >= 15 is 0 Å². The van der Waals surface area contributed by atoms with Crippen LogP contribution < -0.4 is 0 Å². The van der Waals surface area contributed by atoms with Crippen molar-refractivity contribution in [3.63, 3.8) is 0 Å². The highest BCUT2D eigenvalue weighted by Gasteiger charge is 2.22. The van der Waals surface area contributed by atoms with E-state index in [1.54, 1.807) is 0 Å². The van der Waals surface area contributed by atoms with Gasteiger partial charge in [-0.25, -0.2) is 0 Å². The highest BCUT2D eigenvalue weighted by molar-refractivity contribution is 7.81. The van der Waals surface area contributed by atoms with E-state index in [4.69, 9.17) is 4.74 Å². The Bertz CT molecular complexity index is 186. The zero-order valence-corrected chi connectivity index (χ0v) is 9.93. The molecule has 1 unspecified atom stereocenters. The fourth-order valence-electron chi connectivity index (χ4n) is 1.73. The van der Waals surface area contributed by atoms with Crippen molar-refractivity contribution in [2.75, 3.05) is 6.61 Å². The SMILES string of the molecule is CC(C)C(S)C(=O)OCC1CCCC1. The second-order valence-electron chi connectivity index (χ2n) is 4.47. The van der Waals surface area contributed by atoms with Gasteiger partial charge in [-0.3, -0.25) is 4.79 Å². The molecule has 14 heavy (non-hydrogen) atoms. The highest BCUT2D eigenvalue weighted by Crippen LogP contribution is 2.25. The molecule has 0 spiro atoms. The van der Waals surface area contributed by atoms with Crippen LogP contribution >= 0.6 is 12.6 Å². The summed E-state index contributed by atoms with van der Waals surface area (Å²) in [7, 11) is 0. The molecule has 0 aromatic heterocycles. The van der Waals surface area contributed by atoms with Crippen LogP contribution in [0.4, 0.5) is 0 Å². The lowest BCUT2D eigenvalue weighted by Gasteiger charge is -2.15. The van der Waals surface area contributed by atoms with Crippen molar-refractivity contribution in [3.05, 3.63) is 0 Å². The fourth-order valence-corrected chi connectivity index (χ4v) is 1.81. The van der Waals surface area contributed by atoms with Crippen molar-refractivity contribution in [3.8, 4) is 0 Å². The summed E-state index contributed by atoms with van der Waals surface area (Å²) < 4.78 is 5.23. The first-order valence-electron chi connectivity index (χ1n) is 5.46. The lowest BCUT2D eigenvalue weighted by Crippen LogP contribution is -2.25. The van der Waals surface area contributed by atoms with E-state index in [-0.39, 0.29) is 17.1 Å². The van der Waals surface area contributed by atoms with E-state index in [1.165, 1.54) is 25.7 Å². The van der Waals surface area contributed by atoms with Crippen LogP contribution in [-0.2, 0) is 9.53 Å². The van der Waals surface area contributed by atoms with Crippen LogP contribution in [0.2, 0.25) is 0 Å². The van der Waals surface area contributed by atoms with Crippen LogP contribution in [0.15, 0.2) is 0 Å². The predicted octanol–water partition coefficient (Wildman–Crippen LogP) is 2.67. The highest BCUT2D eigenvalue weighted by atomic mass is 32.1. The van der Waals surface area contributed by atoms with Crippen LogP contribution in [0, 0.1) is 11.8 Å². The van der Waals surface area contributed by atoms with Gasteiger partial charge in [0.25, 0.3) is 0 Å². The average Bonchev–Trinajstić information content (AvgIpc) is 2.65.